The van der Waals surface area contributed by atoms with Gasteiger partial charge in [0, 0.05) is 26.3 Å². The molecule has 1 N–H and O–H groups in total. The molecule has 0 aliphatic carbocycles. The van der Waals surface area contributed by atoms with E-state index in [-0.39, 0.29) is 17.3 Å². The van der Waals surface area contributed by atoms with Gasteiger partial charge < -0.3 is 10.2 Å². The van der Waals surface area contributed by atoms with E-state index in [2.05, 4.69) is 5.32 Å². The molecule has 0 radical (unpaired) electrons. The highest BCUT2D eigenvalue weighted by Crippen LogP contribution is 2.29. The van der Waals surface area contributed by atoms with Gasteiger partial charge in [0.15, 0.2) is 9.84 Å². The van der Waals surface area contributed by atoms with Crippen molar-refractivity contribution in [3.63, 3.8) is 0 Å². The van der Waals surface area contributed by atoms with Crippen LogP contribution in [-0.4, -0.2) is 35.0 Å². The molecule has 1 aromatic heterocycles. The van der Waals surface area contributed by atoms with Crippen molar-refractivity contribution >= 4 is 32.8 Å². The number of anilines is 1. The molecule has 7 heteroatoms. The lowest BCUT2D eigenvalue weighted by Crippen LogP contribution is -2.31. The van der Waals surface area contributed by atoms with E-state index in [1.807, 2.05) is 36.5 Å². The van der Waals surface area contributed by atoms with E-state index in [1.165, 1.54) is 11.3 Å². The summed E-state index contributed by atoms with van der Waals surface area (Å²) in [4.78, 5) is 15.1. The van der Waals surface area contributed by atoms with E-state index in [0.29, 0.717) is 10.4 Å². The standard InChI is InChI=1S/C21H22N2O3S2/c1-23(2)17-12-10-16(11-13-17)20(15-22-21(24)19-9-6-14-27-19)28(25,26)18-7-4-3-5-8-18/h3-14,20H,15H2,1-2H3,(H,22,24)/t20-/m0/s1. The zero-order valence-corrected chi connectivity index (χ0v) is 17.3. The maximum atomic E-state index is 13.3. The first-order chi connectivity index (χ1) is 13.4. The number of benzene rings is 2. The third-order valence-corrected chi connectivity index (χ3v) is 7.41. The Bertz CT molecular complexity index is 1010. The summed E-state index contributed by atoms with van der Waals surface area (Å²) < 4.78 is 26.6. The average Bonchev–Trinajstić information content (AvgIpc) is 3.24. The largest absolute Gasteiger partial charge is 0.378 e. The molecule has 0 saturated heterocycles. The maximum absolute atomic E-state index is 13.3. The molecule has 1 atom stereocenters. The van der Waals surface area contributed by atoms with E-state index in [4.69, 9.17) is 0 Å². The minimum atomic E-state index is -3.68. The number of rotatable bonds is 7. The van der Waals surface area contributed by atoms with Gasteiger partial charge in [-0.2, -0.15) is 0 Å². The van der Waals surface area contributed by atoms with E-state index in [0.717, 1.165) is 5.69 Å². The number of amides is 1. The molecule has 3 aromatic rings. The summed E-state index contributed by atoms with van der Waals surface area (Å²) in [5.74, 6) is -0.270. The highest BCUT2D eigenvalue weighted by Gasteiger charge is 2.29. The summed E-state index contributed by atoms with van der Waals surface area (Å²) in [6.07, 6.45) is 0. The highest BCUT2D eigenvalue weighted by molar-refractivity contribution is 7.91. The molecule has 3 rings (SSSR count). The van der Waals surface area contributed by atoms with Crippen LogP contribution in [-0.2, 0) is 9.84 Å². The van der Waals surface area contributed by atoms with Crippen molar-refractivity contribution in [2.75, 3.05) is 25.5 Å². The van der Waals surface area contributed by atoms with Gasteiger partial charge in [-0.1, -0.05) is 36.4 Å². The van der Waals surface area contributed by atoms with Gasteiger partial charge in [0.05, 0.1) is 9.77 Å². The van der Waals surface area contributed by atoms with Crippen molar-refractivity contribution in [2.45, 2.75) is 10.1 Å². The summed E-state index contributed by atoms with van der Waals surface area (Å²) in [6, 6.07) is 19.2. The normalized spacial score (nSPS) is 12.4. The van der Waals surface area contributed by atoms with Crippen molar-refractivity contribution in [3.05, 3.63) is 82.6 Å². The molecule has 2 aromatic carbocycles. The van der Waals surface area contributed by atoms with Crippen LogP contribution < -0.4 is 10.2 Å². The van der Waals surface area contributed by atoms with Crippen molar-refractivity contribution in [3.8, 4) is 0 Å². The van der Waals surface area contributed by atoms with Crippen LogP contribution in [0.3, 0.4) is 0 Å². The van der Waals surface area contributed by atoms with Crippen molar-refractivity contribution in [2.24, 2.45) is 0 Å². The van der Waals surface area contributed by atoms with Crippen LogP contribution in [0, 0.1) is 0 Å². The fourth-order valence-electron chi connectivity index (χ4n) is 2.85. The average molecular weight is 415 g/mol. The minimum Gasteiger partial charge on any atom is -0.378 e. The fourth-order valence-corrected chi connectivity index (χ4v) is 5.17. The molecule has 0 aliphatic heterocycles. The topological polar surface area (TPSA) is 66.5 Å². The summed E-state index contributed by atoms with van der Waals surface area (Å²) in [5.41, 5.74) is 1.61. The fraction of sp³-hybridized carbons (Fsp3) is 0.190. The van der Waals surface area contributed by atoms with Crippen molar-refractivity contribution < 1.29 is 13.2 Å². The van der Waals surface area contributed by atoms with Gasteiger partial charge in [0.25, 0.3) is 5.91 Å². The van der Waals surface area contributed by atoms with Gasteiger partial charge in [-0.25, -0.2) is 8.42 Å². The number of hydrogen-bond acceptors (Lipinski definition) is 5. The van der Waals surface area contributed by atoms with Crippen LogP contribution in [0.2, 0.25) is 0 Å². The van der Waals surface area contributed by atoms with E-state index >= 15 is 0 Å². The molecule has 5 nitrogen and oxygen atoms in total. The number of carbonyl (C=O) groups is 1. The molecular formula is C21H22N2O3S2. The first kappa shape index (κ1) is 20.1. The van der Waals surface area contributed by atoms with Gasteiger partial charge in [0.2, 0.25) is 0 Å². The Kier molecular flexibility index (Phi) is 6.16. The van der Waals surface area contributed by atoms with Gasteiger partial charge in [-0.05, 0) is 41.3 Å². The molecule has 0 bridgehead atoms. The number of sulfone groups is 1. The van der Waals surface area contributed by atoms with Crippen LogP contribution in [0.25, 0.3) is 0 Å². The molecule has 1 amide bonds. The first-order valence-electron chi connectivity index (χ1n) is 8.77. The second-order valence-corrected chi connectivity index (χ2v) is 9.60. The van der Waals surface area contributed by atoms with Gasteiger partial charge >= 0.3 is 0 Å². The number of thiophene rings is 1. The first-order valence-corrected chi connectivity index (χ1v) is 11.2. The summed E-state index contributed by atoms with van der Waals surface area (Å²) >= 11 is 1.32. The zero-order valence-electron chi connectivity index (χ0n) is 15.7. The third kappa shape index (κ3) is 4.43. The molecule has 0 aliphatic rings. The minimum absolute atomic E-state index is 0.00469. The molecule has 1 heterocycles. The lowest BCUT2D eigenvalue weighted by Gasteiger charge is -2.20. The predicted octanol–water partition coefficient (Wildman–Crippen LogP) is 3.76. The quantitative estimate of drug-likeness (QED) is 0.639. The van der Waals surface area contributed by atoms with Gasteiger partial charge in [-0.3, -0.25) is 4.79 Å². The lowest BCUT2D eigenvalue weighted by atomic mass is 10.1. The van der Waals surface area contributed by atoms with Gasteiger partial charge in [0.1, 0.15) is 5.25 Å². The van der Waals surface area contributed by atoms with Crippen LogP contribution >= 0.6 is 11.3 Å². The van der Waals surface area contributed by atoms with Crippen LogP contribution in [0.5, 0.6) is 0 Å². The molecule has 0 fully saturated rings. The molecular weight excluding hydrogens is 392 g/mol. The Labute approximate surface area is 169 Å². The molecule has 146 valence electrons. The summed E-state index contributed by atoms with van der Waals surface area (Å²) in [5, 5.41) is 3.71. The molecule has 0 unspecified atom stereocenters. The second-order valence-electron chi connectivity index (χ2n) is 6.52. The Morgan fingerprint density at radius 3 is 2.25 bits per heavy atom. The summed E-state index contributed by atoms with van der Waals surface area (Å²) in [6.45, 7) is -0.00469. The smallest absolute Gasteiger partial charge is 0.261 e. The number of nitrogens with zero attached hydrogens (tertiary/aromatic N) is 1. The molecule has 28 heavy (non-hydrogen) atoms. The zero-order chi connectivity index (χ0) is 20.1. The van der Waals surface area contributed by atoms with Crippen molar-refractivity contribution in [1.29, 1.82) is 0 Å². The second kappa shape index (κ2) is 8.58. The Balaban J connectivity index is 1.92. The Morgan fingerprint density at radius 2 is 1.68 bits per heavy atom. The Morgan fingerprint density at radius 1 is 1.00 bits per heavy atom. The van der Waals surface area contributed by atoms with Crippen LogP contribution in [0.4, 0.5) is 5.69 Å². The molecule has 0 spiro atoms. The van der Waals surface area contributed by atoms with Crippen LogP contribution in [0.15, 0.2) is 77.0 Å². The van der Waals surface area contributed by atoms with E-state index in [9.17, 15) is 13.2 Å². The predicted molar refractivity (Wildman–Crippen MR) is 114 cm³/mol. The lowest BCUT2D eigenvalue weighted by molar-refractivity contribution is 0.0957. The molecule has 0 saturated carbocycles. The Hall–Kier alpha value is -2.64. The number of hydrogen-bond donors (Lipinski definition) is 1. The van der Waals surface area contributed by atoms with Crippen molar-refractivity contribution in [1.82, 2.24) is 5.32 Å². The van der Waals surface area contributed by atoms with E-state index in [1.54, 1.807) is 54.6 Å². The SMILES string of the molecule is CN(C)c1ccc([C@H](CNC(=O)c2cccs2)S(=O)(=O)c2ccccc2)cc1. The number of nitrogens with one attached hydrogen (secondary N) is 1. The van der Waals surface area contributed by atoms with Crippen LogP contribution in [0.1, 0.15) is 20.5 Å². The summed E-state index contributed by atoms with van der Waals surface area (Å²) in [7, 11) is 0.173. The monoisotopic (exact) mass is 414 g/mol. The third-order valence-electron chi connectivity index (χ3n) is 4.42. The number of carbonyl (C=O) groups excluding carboxylic acids is 1. The maximum Gasteiger partial charge on any atom is 0.261 e. The van der Waals surface area contributed by atoms with E-state index < -0.39 is 15.1 Å². The highest BCUT2D eigenvalue weighted by atomic mass is 32.2. The van der Waals surface area contributed by atoms with Gasteiger partial charge in [-0.15, -0.1) is 11.3 Å².